The second-order valence-electron chi connectivity index (χ2n) is 6.04. The number of piperidine rings is 1. The van der Waals surface area contributed by atoms with Crippen LogP contribution in [0.25, 0.3) is 0 Å². The summed E-state index contributed by atoms with van der Waals surface area (Å²) in [7, 11) is 0. The van der Waals surface area contributed by atoms with Crippen molar-refractivity contribution >= 4 is 11.7 Å². The molecule has 3 nitrogen and oxygen atoms in total. The van der Waals surface area contributed by atoms with Crippen LogP contribution in [0.1, 0.15) is 48.2 Å². The average Bonchev–Trinajstić information content (AvgIpc) is 2.35. The summed E-state index contributed by atoms with van der Waals surface area (Å²) in [5.41, 5.74) is 2.70. The van der Waals surface area contributed by atoms with Gasteiger partial charge >= 0.3 is 0 Å². The third kappa shape index (κ3) is 2.70. The van der Waals surface area contributed by atoms with E-state index in [1.54, 1.807) is 4.90 Å². The average molecular weight is 259 g/mol. The number of nitrogens with zero attached hydrogens (tertiary/aromatic N) is 1. The molecule has 0 saturated carbocycles. The van der Waals surface area contributed by atoms with E-state index in [1.165, 1.54) is 5.56 Å². The van der Waals surface area contributed by atoms with Gasteiger partial charge < -0.3 is 4.90 Å². The highest BCUT2D eigenvalue weighted by Gasteiger charge is 2.36. The minimum absolute atomic E-state index is 0.0406. The van der Waals surface area contributed by atoms with Crippen LogP contribution in [0.5, 0.6) is 0 Å². The highest BCUT2D eigenvalue weighted by Crippen LogP contribution is 2.27. The first kappa shape index (κ1) is 13.8. The van der Waals surface area contributed by atoms with Crippen molar-refractivity contribution in [2.75, 3.05) is 6.54 Å². The van der Waals surface area contributed by atoms with E-state index in [9.17, 15) is 9.59 Å². The third-order valence-corrected chi connectivity index (χ3v) is 4.08. The summed E-state index contributed by atoms with van der Waals surface area (Å²) in [4.78, 5) is 25.9. The zero-order chi connectivity index (χ0) is 14.2. The van der Waals surface area contributed by atoms with Crippen LogP contribution in [0, 0.1) is 13.8 Å². The smallest absolute Gasteiger partial charge is 0.254 e. The Morgan fingerprint density at radius 1 is 1.21 bits per heavy atom. The van der Waals surface area contributed by atoms with Crippen molar-refractivity contribution in [1.82, 2.24) is 4.90 Å². The second kappa shape index (κ2) is 4.80. The topological polar surface area (TPSA) is 37.4 Å². The molecular formula is C16H21NO2. The molecule has 1 aromatic rings. The standard InChI is InChI=1S/C16H21NO2/c1-11-5-6-13(9-12(11)2)15(19)17-10-14(18)7-8-16(17,3)4/h5-6,9H,7-8,10H2,1-4H3. The van der Waals surface area contributed by atoms with Gasteiger partial charge in [-0.1, -0.05) is 6.07 Å². The Bertz CT molecular complexity index is 532. The Balaban J connectivity index is 2.31. The molecule has 3 heteroatoms. The SMILES string of the molecule is Cc1ccc(C(=O)N2CC(=O)CCC2(C)C)cc1C. The number of benzene rings is 1. The van der Waals surface area contributed by atoms with Crippen molar-refractivity contribution < 1.29 is 9.59 Å². The van der Waals surface area contributed by atoms with Crippen LogP contribution >= 0.6 is 0 Å². The summed E-state index contributed by atoms with van der Waals surface area (Å²) in [6.07, 6.45) is 1.31. The van der Waals surface area contributed by atoms with Crippen LogP contribution in [0.4, 0.5) is 0 Å². The van der Waals surface area contributed by atoms with Gasteiger partial charge in [-0.15, -0.1) is 0 Å². The molecule has 0 N–H and O–H groups in total. The molecule has 1 aromatic carbocycles. The summed E-state index contributed by atoms with van der Waals surface area (Å²) in [6, 6.07) is 5.72. The van der Waals surface area contributed by atoms with Crippen molar-refractivity contribution in [3.8, 4) is 0 Å². The molecule has 0 spiro atoms. The maximum Gasteiger partial charge on any atom is 0.254 e. The van der Waals surface area contributed by atoms with Crippen molar-refractivity contribution in [1.29, 1.82) is 0 Å². The molecule has 1 heterocycles. The number of hydrogen-bond donors (Lipinski definition) is 0. The van der Waals surface area contributed by atoms with Crippen molar-refractivity contribution in [2.24, 2.45) is 0 Å². The molecule has 1 fully saturated rings. The molecule has 1 amide bonds. The predicted molar refractivity (Wildman–Crippen MR) is 75.3 cm³/mol. The van der Waals surface area contributed by atoms with Gasteiger partial charge in [0.05, 0.1) is 6.54 Å². The van der Waals surface area contributed by atoms with Gasteiger partial charge in [0.2, 0.25) is 0 Å². The normalized spacial score (nSPS) is 18.5. The number of Topliss-reactive ketones (excluding diaryl/α,β-unsaturated/α-hetero) is 1. The lowest BCUT2D eigenvalue weighted by Crippen LogP contribution is -2.53. The van der Waals surface area contributed by atoms with Crippen LogP contribution in [0.2, 0.25) is 0 Å². The van der Waals surface area contributed by atoms with E-state index < -0.39 is 0 Å². The first-order valence-electron chi connectivity index (χ1n) is 6.72. The number of rotatable bonds is 1. The molecule has 2 rings (SSSR count). The molecule has 0 unspecified atom stereocenters. The Morgan fingerprint density at radius 2 is 1.89 bits per heavy atom. The van der Waals surface area contributed by atoms with Crippen molar-refractivity contribution in [3.05, 3.63) is 34.9 Å². The van der Waals surface area contributed by atoms with Gasteiger partial charge in [-0.05, 0) is 57.4 Å². The Labute approximate surface area is 114 Å². The fourth-order valence-electron chi connectivity index (χ4n) is 2.43. The minimum atomic E-state index is -0.246. The fourth-order valence-corrected chi connectivity index (χ4v) is 2.43. The van der Waals surface area contributed by atoms with Gasteiger partial charge in [-0.25, -0.2) is 0 Å². The van der Waals surface area contributed by atoms with E-state index in [4.69, 9.17) is 0 Å². The third-order valence-electron chi connectivity index (χ3n) is 4.08. The highest BCUT2D eigenvalue weighted by atomic mass is 16.2. The number of aryl methyl sites for hydroxylation is 2. The van der Waals surface area contributed by atoms with E-state index in [2.05, 4.69) is 0 Å². The highest BCUT2D eigenvalue weighted by molar-refractivity contribution is 5.98. The molecular weight excluding hydrogens is 238 g/mol. The Kier molecular flexibility index (Phi) is 3.48. The van der Waals surface area contributed by atoms with Gasteiger partial charge in [-0.2, -0.15) is 0 Å². The van der Waals surface area contributed by atoms with E-state index in [1.807, 2.05) is 45.9 Å². The predicted octanol–water partition coefficient (Wildman–Crippen LogP) is 2.89. The van der Waals surface area contributed by atoms with Crippen molar-refractivity contribution in [3.63, 3.8) is 0 Å². The van der Waals surface area contributed by atoms with Crippen LogP contribution in [-0.4, -0.2) is 28.7 Å². The summed E-state index contributed by atoms with van der Waals surface area (Å²) in [5.74, 6) is 0.109. The molecule has 1 aliphatic heterocycles. The lowest BCUT2D eigenvalue weighted by Gasteiger charge is -2.41. The quantitative estimate of drug-likeness (QED) is 0.777. The minimum Gasteiger partial charge on any atom is -0.326 e. The molecule has 102 valence electrons. The van der Waals surface area contributed by atoms with Crippen LogP contribution in [0.15, 0.2) is 18.2 Å². The Hall–Kier alpha value is -1.64. The molecule has 19 heavy (non-hydrogen) atoms. The van der Waals surface area contributed by atoms with Gasteiger partial charge in [0.25, 0.3) is 5.91 Å². The molecule has 0 bridgehead atoms. The molecule has 0 aliphatic carbocycles. The number of amides is 1. The zero-order valence-corrected chi connectivity index (χ0v) is 12.1. The van der Waals surface area contributed by atoms with Crippen LogP contribution in [0.3, 0.4) is 0 Å². The van der Waals surface area contributed by atoms with E-state index >= 15 is 0 Å². The maximum atomic E-state index is 12.6. The molecule has 1 aliphatic rings. The monoisotopic (exact) mass is 259 g/mol. The first-order chi connectivity index (χ1) is 8.81. The fraction of sp³-hybridized carbons (Fsp3) is 0.500. The van der Waals surface area contributed by atoms with E-state index in [0.717, 1.165) is 12.0 Å². The molecule has 0 radical (unpaired) electrons. The largest absolute Gasteiger partial charge is 0.326 e. The number of hydrogen-bond acceptors (Lipinski definition) is 2. The maximum absolute atomic E-state index is 12.6. The first-order valence-corrected chi connectivity index (χ1v) is 6.72. The van der Waals surface area contributed by atoms with Gasteiger partial charge in [0.1, 0.15) is 0 Å². The zero-order valence-electron chi connectivity index (χ0n) is 12.1. The molecule has 0 aromatic heterocycles. The summed E-state index contributed by atoms with van der Waals surface area (Å²) in [6.45, 7) is 8.31. The number of carbonyl (C=O) groups excluding carboxylic acids is 2. The van der Waals surface area contributed by atoms with Crippen LogP contribution < -0.4 is 0 Å². The lowest BCUT2D eigenvalue weighted by molar-refractivity contribution is -0.124. The number of carbonyl (C=O) groups is 2. The molecule has 1 saturated heterocycles. The van der Waals surface area contributed by atoms with Gasteiger partial charge in [-0.3, -0.25) is 9.59 Å². The lowest BCUT2D eigenvalue weighted by atomic mass is 9.89. The van der Waals surface area contributed by atoms with Crippen molar-refractivity contribution in [2.45, 2.75) is 46.1 Å². The number of ketones is 1. The summed E-state index contributed by atoms with van der Waals surface area (Å²) in [5, 5.41) is 0. The van der Waals surface area contributed by atoms with Gasteiger partial charge in [0.15, 0.2) is 5.78 Å². The van der Waals surface area contributed by atoms with E-state index in [0.29, 0.717) is 12.0 Å². The van der Waals surface area contributed by atoms with E-state index in [-0.39, 0.29) is 23.8 Å². The summed E-state index contributed by atoms with van der Waals surface area (Å²) < 4.78 is 0. The van der Waals surface area contributed by atoms with Gasteiger partial charge in [0, 0.05) is 17.5 Å². The summed E-state index contributed by atoms with van der Waals surface area (Å²) >= 11 is 0. The van der Waals surface area contributed by atoms with Crippen LogP contribution in [-0.2, 0) is 4.79 Å². The second-order valence-corrected chi connectivity index (χ2v) is 6.04. The Morgan fingerprint density at radius 3 is 2.53 bits per heavy atom. The molecule has 0 atom stereocenters. The number of likely N-dealkylation sites (tertiary alicyclic amines) is 1.